The lowest BCUT2D eigenvalue weighted by molar-refractivity contribution is 0.0632. The first-order chi connectivity index (χ1) is 5.21. The average molecular weight is 191 g/mol. The Hall–Kier alpha value is -0.580. The van der Waals surface area contributed by atoms with Crippen molar-refractivity contribution in [1.82, 2.24) is 0 Å². The molecule has 0 N–H and O–H groups in total. The zero-order valence-electron chi connectivity index (χ0n) is 7.66. The number of sulfonamides is 1. The van der Waals surface area contributed by atoms with E-state index in [-0.39, 0.29) is 0 Å². The third kappa shape index (κ3) is 1.03. The molecule has 0 bridgehead atoms. The molecule has 70 valence electrons. The summed E-state index contributed by atoms with van der Waals surface area (Å²) in [6, 6.07) is 0. The van der Waals surface area contributed by atoms with E-state index in [0.717, 1.165) is 6.40 Å². The van der Waals surface area contributed by atoms with Crippen LogP contribution in [0.3, 0.4) is 0 Å². The van der Waals surface area contributed by atoms with Crippen molar-refractivity contribution in [2.45, 2.75) is 38.0 Å². The fourth-order valence-corrected chi connectivity index (χ4v) is 1.88. The number of rotatable bonds is 0. The molecule has 0 saturated heterocycles. The lowest BCUT2D eigenvalue weighted by Gasteiger charge is -2.40. The van der Waals surface area contributed by atoms with Gasteiger partial charge in [-0.2, -0.15) is 0 Å². The lowest BCUT2D eigenvalue weighted by atomic mass is 9.93. The minimum absolute atomic E-state index is 0.729. The Morgan fingerprint density at radius 3 is 2.08 bits per heavy atom. The Morgan fingerprint density at radius 2 is 1.75 bits per heavy atom. The van der Waals surface area contributed by atoms with Crippen molar-refractivity contribution in [3.05, 3.63) is 0 Å². The molecule has 0 aromatic carbocycles. The minimum atomic E-state index is -3.42. The van der Waals surface area contributed by atoms with Crippen LogP contribution in [0.15, 0.2) is 4.40 Å². The van der Waals surface area contributed by atoms with Crippen LogP contribution in [0, 0.1) is 0 Å². The van der Waals surface area contributed by atoms with Crippen LogP contribution in [0.25, 0.3) is 0 Å². The van der Waals surface area contributed by atoms with E-state index in [1.165, 1.54) is 0 Å². The molecular weight excluding hydrogens is 178 g/mol. The monoisotopic (exact) mass is 191 g/mol. The van der Waals surface area contributed by atoms with Gasteiger partial charge in [-0.1, -0.05) is 0 Å². The van der Waals surface area contributed by atoms with Crippen LogP contribution in [-0.2, 0) is 14.8 Å². The Labute approximate surface area is 72.7 Å². The fourth-order valence-electron chi connectivity index (χ4n) is 0.794. The summed E-state index contributed by atoms with van der Waals surface area (Å²) in [5, 5.41) is 0. The zero-order valence-corrected chi connectivity index (χ0v) is 8.47. The first-order valence-corrected chi connectivity index (χ1v) is 5.11. The predicted octanol–water partition coefficient (Wildman–Crippen LogP) is 0.932. The molecule has 1 aliphatic rings. The molecule has 0 aromatic rings. The number of nitrogens with zero attached hydrogens (tertiary/aromatic N) is 1. The van der Waals surface area contributed by atoms with Crippen LogP contribution in [0.1, 0.15) is 27.7 Å². The molecule has 5 heteroatoms. The van der Waals surface area contributed by atoms with E-state index in [2.05, 4.69) is 4.40 Å². The van der Waals surface area contributed by atoms with Crippen LogP contribution in [-0.4, -0.2) is 25.2 Å². The molecule has 0 saturated carbocycles. The van der Waals surface area contributed by atoms with Crippen molar-refractivity contribution in [2.75, 3.05) is 0 Å². The van der Waals surface area contributed by atoms with Crippen LogP contribution in [0.4, 0.5) is 0 Å². The third-order valence-corrected chi connectivity index (χ3v) is 4.77. The second-order valence-corrected chi connectivity index (χ2v) is 6.01. The van der Waals surface area contributed by atoms with Gasteiger partial charge in [0.2, 0.25) is 0 Å². The first kappa shape index (κ1) is 9.51. The maximum atomic E-state index is 11.4. The molecule has 0 aliphatic carbocycles. The van der Waals surface area contributed by atoms with E-state index in [0.29, 0.717) is 0 Å². The van der Waals surface area contributed by atoms with Gasteiger partial charge < -0.3 is 4.74 Å². The van der Waals surface area contributed by atoms with Gasteiger partial charge in [0.1, 0.15) is 10.3 Å². The van der Waals surface area contributed by atoms with E-state index in [9.17, 15) is 8.42 Å². The maximum Gasteiger partial charge on any atom is 0.265 e. The number of ether oxygens (including phenoxy) is 1. The van der Waals surface area contributed by atoms with Gasteiger partial charge in [0, 0.05) is 0 Å². The van der Waals surface area contributed by atoms with Gasteiger partial charge in [-0.25, -0.2) is 8.42 Å². The van der Waals surface area contributed by atoms with Crippen molar-refractivity contribution in [2.24, 2.45) is 4.40 Å². The Bertz CT molecular complexity index is 314. The Morgan fingerprint density at radius 1 is 1.25 bits per heavy atom. The van der Waals surface area contributed by atoms with Crippen LogP contribution in [0.2, 0.25) is 0 Å². The van der Waals surface area contributed by atoms with Crippen molar-refractivity contribution < 1.29 is 13.2 Å². The summed E-state index contributed by atoms with van der Waals surface area (Å²) >= 11 is 0. The van der Waals surface area contributed by atoms with E-state index in [4.69, 9.17) is 4.74 Å². The van der Waals surface area contributed by atoms with Gasteiger partial charge in [0.15, 0.2) is 6.40 Å². The zero-order chi connectivity index (χ0) is 9.62. The molecule has 0 amide bonds. The molecule has 12 heavy (non-hydrogen) atoms. The molecule has 1 aliphatic heterocycles. The van der Waals surface area contributed by atoms with Gasteiger partial charge in [0.05, 0.1) is 0 Å². The summed E-state index contributed by atoms with van der Waals surface area (Å²) in [4.78, 5) is 0. The summed E-state index contributed by atoms with van der Waals surface area (Å²) in [5.41, 5.74) is -0.729. The molecular formula is C7H13NO3S. The largest absolute Gasteiger partial charge is 0.475 e. The van der Waals surface area contributed by atoms with Crippen LogP contribution in [0.5, 0.6) is 0 Å². The average Bonchev–Trinajstić information content (AvgIpc) is 1.83. The summed E-state index contributed by atoms with van der Waals surface area (Å²) < 4.78 is 30.4. The molecule has 1 rings (SSSR count). The smallest absolute Gasteiger partial charge is 0.265 e. The van der Waals surface area contributed by atoms with Crippen LogP contribution < -0.4 is 0 Å². The topological polar surface area (TPSA) is 55.7 Å². The highest BCUT2D eigenvalue weighted by atomic mass is 32.2. The van der Waals surface area contributed by atoms with E-state index >= 15 is 0 Å². The standard InChI is InChI=1S/C7H13NO3S/c1-6(2)7(3,4)12(9,10)8-5-11-6/h5H,1-4H3. The maximum absolute atomic E-state index is 11.4. The number of hydrogen-bond acceptors (Lipinski definition) is 3. The summed E-state index contributed by atoms with van der Waals surface area (Å²) in [6.07, 6.45) is 1.00. The predicted molar refractivity (Wildman–Crippen MR) is 46.7 cm³/mol. The second-order valence-electron chi connectivity index (χ2n) is 3.82. The first-order valence-electron chi connectivity index (χ1n) is 3.67. The van der Waals surface area contributed by atoms with Crippen molar-refractivity contribution >= 4 is 16.4 Å². The molecule has 0 atom stereocenters. The van der Waals surface area contributed by atoms with E-state index in [1.54, 1.807) is 27.7 Å². The molecule has 0 radical (unpaired) electrons. The molecule has 0 fully saturated rings. The van der Waals surface area contributed by atoms with Crippen LogP contribution >= 0.6 is 0 Å². The lowest BCUT2D eigenvalue weighted by Crippen LogP contribution is -2.54. The molecule has 4 nitrogen and oxygen atoms in total. The summed E-state index contributed by atoms with van der Waals surface area (Å²) in [6.45, 7) is 6.68. The summed E-state index contributed by atoms with van der Waals surface area (Å²) in [5.74, 6) is 0. The highest BCUT2D eigenvalue weighted by Gasteiger charge is 2.51. The second kappa shape index (κ2) is 2.22. The van der Waals surface area contributed by atoms with Crippen molar-refractivity contribution in [1.29, 1.82) is 0 Å². The quantitative estimate of drug-likeness (QED) is 0.572. The van der Waals surface area contributed by atoms with Gasteiger partial charge in [-0.3, -0.25) is 0 Å². The molecule has 1 heterocycles. The highest BCUT2D eigenvalue weighted by Crippen LogP contribution is 2.35. The Kier molecular flexibility index (Phi) is 1.76. The number of hydrogen-bond donors (Lipinski definition) is 0. The molecule has 0 unspecified atom stereocenters. The molecule has 0 spiro atoms. The van der Waals surface area contributed by atoms with Gasteiger partial charge in [0.25, 0.3) is 10.0 Å². The van der Waals surface area contributed by atoms with E-state index < -0.39 is 20.4 Å². The normalized spacial score (nSPS) is 29.3. The van der Waals surface area contributed by atoms with Crippen molar-refractivity contribution in [3.8, 4) is 0 Å². The third-order valence-electron chi connectivity index (χ3n) is 2.62. The minimum Gasteiger partial charge on any atom is -0.475 e. The summed E-state index contributed by atoms with van der Waals surface area (Å²) in [7, 11) is -3.42. The molecule has 0 aromatic heterocycles. The highest BCUT2D eigenvalue weighted by molar-refractivity contribution is 7.91. The van der Waals surface area contributed by atoms with Gasteiger partial charge >= 0.3 is 0 Å². The van der Waals surface area contributed by atoms with Gasteiger partial charge in [-0.15, -0.1) is 4.40 Å². The van der Waals surface area contributed by atoms with E-state index in [1.807, 2.05) is 0 Å². The fraction of sp³-hybridized carbons (Fsp3) is 0.857. The van der Waals surface area contributed by atoms with Crippen molar-refractivity contribution in [3.63, 3.8) is 0 Å². The SMILES string of the molecule is CC1(C)OC=NS(=O)(=O)C1(C)C. The van der Waals surface area contributed by atoms with Gasteiger partial charge in [-0.05, 0) is 27.7 Å². The Balaban J connectivity index is 3.32.